The number of carbonyl (C=O) groups is 4. The fraction of sp³-hybridized carbons (Fsp3) is 0.238. The highest BCUT2D eigenvalue weighted by Gasteiger charge is 2.34. The topological polar surface area (TPSA) is 116 Å². The Hall–Kier alpha value is -3.68. The lowest BCUT2D eigenvalue weighted by atomic mass is 10.2. The zero-order chi connectivity index (χ0) is 21.1. The molecule has 0 saturated heterocycles. The third-order valence-corrected chi connectivity index (χ3v) is 3.67. The van der Waals surface area contributed by atoms with Crippen molar-refractivity contribution in [2.75, 3.05) is 0 Å². The maximum atomic E-state index is 12.3. The van der Waals surface area contributed by atoms with E-state index in [-0.39, 0.29) is 13.2 Å². The second-order valence-corrected chi connectivity index (χ2v) is 5.95. The molecule has 8 nitrogen and oxygen atoms in total. The minimum Gasteiger partial charge on any atom is -0.481 e. The van der Waals surface area contributed by atoms with Crippen LogP contribution in [-0.2, 0) is 46.6 Å². The van der Waals surface area contributed by atoms with Crippen LogP contribution in [0.3, 0.4) is 0 Å². The van der Waals surface area contributed by atoms with E-state index in [4.69, 9.17) is 19.3 Å². The minimum atomic E-state index is -1.94. The van der Waals surface area contributed by atoms with Gasteiger partial charge in [0.05, 0.1) is 12.8 Å². The van der Waals surface area contributed by atoms with Crippen molar-refractivity contribution in [1.29, 1.82) is 0 Å². The van der Waals surface area contributed by atoms with Crippen molar-refractivity contribution in [2.45, 2.75) is 32.2 Å². The van der Waals surface area contributed by atoms with Gasteiger partial charge in [-0.1, -0.05) is 60.7 Å². The quantitative estimate of drug-likeness (QED) is 0.367. The Balaban J connectivity index is 2.00. The Morgan fingerprint density at radius 3 is 1.59 bits per heavy atom. The molecule has 1 N–H and O–H groups in total. The number of hydrogen-bond acceptors (Lipinski definition) is 7. The molecule has 0 aromatic heterocycles. The lowest BCUT2D eigenvalue weighted by Crippen LogP contribution is -2.37. The molecule has 8 heteroatoms. The second kappa shape index (κ2) is 11.2. The molecule has 29 heavy (non-hydrogen) atoms. The second-order valence-electron chi connectivity index (χ2n) is 5.95. The van der Waals surface area contributed by atoms with Crippen LogP contribution in [0.1, 0.15) is 24.0 Å². The number of ether oxygens (including phenoxy) is 3. The third-order valence-electron chi connectivity index (χ3n) is 3.67. The number of carbonyl (C=O) groups excluding carboxylic acids is 3. The normalized spacial score (nSPS) is 10.2. The van der Waals surface area contributed by atoms with Gasteiger partial charge in [0.15, 0.2) is 0 Å². The lowest BCUT2D eigenvalue weighted by molar-refractivity contribution is -0.181. The van der Waals surface area contributed by atoms with Gasteiger partial charge in [-0.05, 0) is 11.1 Å². The molecule has 0 aliphatic rings. The first-order valence-corrected chi connectivity index (χ1v) is 8.78. The van der Waals surface area contributed by atoms with E-state index >= 15 is 0 Å². The Morgan fingerprint density at radius 2 is 1.17 bits per heavy atom. The molecular weight excluding hydrogens is 380 g/mol. The summed E-state index contributed by atoms with van der Waals surface area (Å²) in [5.74, 6) is -4.44. The molecular formula is C21H20O8. The van der Waals surface area contributed by atoms with Crippen LogP contribution in [0.4, 0.5) is 0 Å². The number of aliphatic carboxylic acids is 1. The van der Waals surface area contributed by atoms with E-state index in [0.29, 0.717) is 11.1 Å². The molecule has 0 fully saturated rings. The average Bonchev–Trinajstić information content (AvgIpc) is 2.74. The van der Waals surface area contributed by atoms with Crippen LogP contribution in [0.5, 0.6) is 0 Å². The van der Waals surface area contributed by atoms with Gasteiger partial charge < -0.3 is 19.3 Å². The van der Waals surface area contributed by atoms with Crippen molar-refractivity contribution < 1.29 is 38.5 Å². The Bertz CT molecular complexity index is 777. The summed E-state index contributed by atoms with van der Waals surface area (Å²) in [6.07, 6.45) is -2.93. The molecule has 0 bridgehead atoms. The largest absolute Gasteiger partial charge is 0.481 e. The smallest absolute Gasteiger partial charge is 0.359 e. The fourth-order valence-corrected chi connectivity index (χ4v) is 2.20. The van der Waals surface area contributed by atoms with E-state index in [2.05, 4.69) is 0 Å². The predicted octanol–water partition coefficient (Wildman–Crippen LogP) is 2.25. The minimum absolute atomic E-state index is 0.130. The van der Waals surface area contributed by atoms with Crippen LogP contribution >= 0.6 is 0 Å². The van der Waals surface area contributed by atoms with Gasteiger partial charge in [0.1, 0.15) is 13.2 Å². The molecule has 0 heterocycles. The molecule has 152 valence electrons. The highest BCUT2D eigenvalue weighted by molar-refractivity contribution is 5.99. The first-order valence-electron chi connectivity index (χ1n) is 8.78. The summed E-state index contributed by atoms with van der Waals surface area (Å²) in [6.45, 7) is -0.260. The fourth-order valence-electron chi connectivity index (χ4n) is 2.20. The van der Waals surface area contributed by atoms with E-state index in [0.717, 1.165) is 0 Å². The summed E-state index contributed by atoms with van der Waals surface area (Å²) in [4.78, 5) is 47.1. The van der Waals surface area contributed by atoms with Gasteiger partial charge >= 0.3 is 23.9 Å². The average molecular weight is 400 g/mol. The van der Waals surface area contributed by atoms with E-state index < -0.39 is 42.8 Å². The molecule has 2 aromatic carbocycles. The first kappa shape index (κ1) is 21.6. The van der Waals surface area contributed by atoms with E-state index in [1.807, 2.05) is 0 Å². The van der Waals surface area contributed by atoms with Crippen molar-refractivity contribution in [3.8, 4) is 0 Å². The van der Waals surface area contributed by atoms with Gasteiger partial charge in [0, 0.05) is 0 Å². The van der Waals surface area contributed by atoms with Crippen LogP contribution < -0.4 is 0 Å². The lowest BCUT2D eigenvalue weighted by Gasteiger charge is -2.16. The molecule has 0 atom stereocenters. The van der Waals surface area contributed by atoms with Crippen LogP contribution in [0, 0.1) is 0 Å². The van der Waals surface area contributed by atoms with Crippen molar-refractivity contribution in [1.82, 2.24) is 0 Å². The summed E-state index contributed by atoms with van der Waals surface area (Å²) in [5.41, 5.74) is 1.35. The molecule has 0 spiro atoms. The number of carboxylic acids is 1. The number of rotatable bonds is 10. The summed E-state index contributed by atoms with van der Waals surface area (Å²) >= 11 is 0. The number of benzene rings is 2. The van der Waals surface area contributed by atoms with Gasteiger partial charge in [0.25, 0.3) is 6.10 Å². The molecule has 2 aromatic rings. The first-order chi connectivity index (χ1) is 14.0. The zero-order valence-electron chi connectivity index (χ0n) is 15.5. The van der Waals surface area contributed by atoms with Gasteiger partial charge in [0.2, 0.25) is 0 Å². The van der Waals surface area contributed by atoms with E-state index in [1.54, 1.807) is 60.7 Å². The van der Waals surface area contributed by atoms with Gasteiger partial charge in [-0.15, -0.1) is 0 Å². The summed E-state index contributed by atoms with van der Waals surface area (Å²) in [5, 5.41) is 8.64. The SMILES string of the molecule is O=C(O)CCC(=O)OC(C(=O)OCc1ccccc1)C(=O)OCc1ccccc1. The van der Waals surface area contributed by atoms with Crippen LogP contribution in [0.2, 0.25) is 0 Å². The van der Waals surface area contributed by atoms with Crippen molar-refractivity contribution in [3.63, 3.8) is 0 Å². The standard InChI is InChI=1S/C21H20O8/c22-17(23)11-12-18(24)29-19(20(25)27-13-15-7-3-1-4-8-15)21(26)28-14-16-9-5-2-6-10-16/h1-10,19H,11-14H2,(H,22,23). The number of carboxylic acid groups (broad SMARTS) is 1. The molecule has 0 saturated carbocycles. The Kier molecular flexibility index (Phi) is 8.37. The Labute approximate surface area is 167 Å². The number of hydrogen-bond donors (Lipinski definition) is 1. The van der Waals surface area contributed by atoms with Crippen molar-refractivity contribution in [3.05, 3.63) is 71.8 Å². The highest BCUT2D eigenvalue weighted by atomic mass is 16.6. The van der Waals surface area contributed by atoms with Crippen LogP contribution in [0.15, 0.2) is 60.7 Å². The summed E-state index contributed by atoms with van der Waals surface area (Å²) in [6, 6.07) is 17.5. The number of esters is 3. The monoisotopic (exact) mass is 400 g/mol. The Morgan fingerprint density at radius 1 is 0.724 bits per heavy atom. The van der Waals surface area contributed by atoms with Gasteiger partial charge in [-0.2, -0.15) is 0 Å². The van der Waals surface area contributed by atoms with Gasteiger partial charge in [-0.25, -0.2) is 9.59 Å². The van der Waals surface area contributed by atoms with Crippen molar-refractivity contribution >= 4 is 23.9 Å². The zero-order valence-corrected chi connectivity index (χ0v) is 15.5. The predicted molar refractivity (Wildman–Crippen MR) is 99.2 cm³/mol. The van der Waals surface area contributed by atoms with Gasteiger partial charge in [-0.3, -0.25) is 9.59 Å². The molecule has 2 rings (SSSR count). The van der Waals surface area contributed by atoms with Crippen LogP contribution in [0.25, 0.3) is 0 Å². The third kappa shape index (κ3) is 7.84. The molecule has 0 amide bonds. The van der Waals surface area contributed by atoms with Crippen LogP contribution in [-0.4, -0.2) is 35.1 Å². The maximum absolute atomic E-state index is 12.3. The summed E-state index contributed by atoms with van der Waals surface area (Å²) < 4.78 is 15.0. The van der Waals surface area contributed by atoms with E-state index in [1.165, 1.54) is 0 Å². The molecule has 0 unspecified atom stereocenters. The molecule has 0 radical (unpaired) electrons. The summed E-state index contributed by atoms with van der Waals surface area (Å²) in [7, 11) is 0. The van der Waals surface area contributed by atoms with E-state index in [9.17, 15) is 19.2 Å². The highest BCUT2D eigenvalue weighted by Crippen LogP contribution is 2.09. The molecule has 0 aliphatic carbocycles. The maximum Gasteiger partial charge on any atom is 0.359 e. The molecule has 0 aliphatic heterocycles. The van der Waals surface area contributed by atoms with Crippen molar-refractivity contribution in [2.24, 2.45) is 0 Å².